The zero-order valence-corrected chi connectivity index (χ0v) is 15.0. The van der Waals surface area contributed by atoms with E-state index >= 15 is 0 Å². The lowest BCUT2D eigenvalue weighted by Gasteiger charge is -2.33. The lowest BCUT2D eigenvalue weighted by Crippen LogP contribution is -2.46. The standard InChI is InChI=1S/C16H20N2O6S/c1-25(2,3,23)13-8-14(20)18(15(13)21)24-16(22)12-6-4-11(5-7-12)9-17-10-19/h4-7,10,13H,8-9H2,1-3H3,(H,17,19). The first-order valence-electron chi connectivity index (χ1n) is 7.43. The van der Waals surface area contributed by atoms with Gasteiger partial charge >= 0.3 is 5.97 Å². The highest BCUT2D eigenvalue weighted by Crippen LogP contribution is 2.31. The van der Waals surface area contributed by atoms with Crippen LogP contribution in [-0.4, -0.2) is 57.5 Å². The molecule has 1 unspecified atom stereocenters. The van der Waals surface area contributed by atoms with Gasteiger partial charge in [-0.25, -0.2) is 4.79 Å². The molecule has 0 aliphatic carbocycles. The summed E-state index contributed by atoms with van der Waals surface area (Å²) in [6.45, 7) is 0.309. The van der Waals surface area contributed by atoms with Crippen molar-refractivity contribution in [3.8, 4) is 0 Å². The Balaban J connectivity index is 2.10. The van der Waals surface area contributed by atoms with E-state index in [9.17, 15) is 23.4 Å². The fourth-order valence-corrected chi connectivity index (χ4v) is 3.85. The van der Waals surface area contributed by atoms with Gasteiger partial charge in [0, 0.05) is 6.54 Å². The third-order valence-corrected chi connectivity index (χ3v) is 6.09. The molecular formula is C16H20N2O6S. The molecule has 25 heavy (non-hydrogen) atoms. The smallest absolute Gasteiger partial charge is 0.355 e. The van der Waals surface area contributed by atoms with Gasteiger partial charge in [0.1, 0.15) is 5.25 Å². The topological polar surface area (TPSA) is 110 Å². The van der Waals surface area contributed by atoms with Crippen LogP contribution in [0.25, 0.3) is 0 Å². The Labute approximate surface area is 144 Å². The second kappa shape index (κ2) is 6.40. The second-order valence-electron chi connectivity index (χ2n) is 6.82. The van der Waals surface area contributed by atoms with Crippen molar-refractivity contribution < 1.29 is 28.2 Å². The predicted molar refractivity (Wildman–Crippen MR) is 90.9 cm³/mol. The summed E-state index contributed by atoms with van der Waals surface area (Å²) >= 11 is 0. The van der Waals surface area contributed by atoms with E-state index in [1.165, 1.54) is 30.9 Å². The predicted octanol–water partition coefficient (Wildman–Crippen LogP) is -0.159. The van der Waals surface area contributed by atoms with E-state index in [1.807, 2.05) is 0 Å². The molecule has 0 radical (unpaired) electrons. The summed E-state index contributed by atoms with van der Waals surface area (Å²) in [5.74, 6) is -2.33. The number of nitrogens with zero attached hydrogens (tertiary/aromatic N) is 1. The number of benzene rings is 1. The third-order valence-electron chi connectivity index (χ3n) is 3.79. The van der Waals surface area contributed by atoms with Crippen molar-refractivity contribution in [3.05, 3.63) is 35.4 Å². The first-order valence-corrected chi connectivity index (χ1v) is 10.7. The van der Waals surface area contributed by atoms with Crippen molar-refractivity contribution in [2.24, 2.45) is 0 Å². The van der Waals surface area contributed by atoms with Gasteiger partial charge in [0.05, 0.1) is 12.0 Å². The van der Waals surface area contributed by atoms with E-state index in [0.29, 0.717) is 18.0 Å². The summed E-state index contributed by atoms with van der Waals surface area (Å²) in [4.78, 5) is 51.6. The van der Waals surface area contributed by atoms with Gasteiger partial charge in [-0.15, -0.1) is 5.06 Å². The molecule has 1 aliphatic heterocycles. The van der Waals surface area contributed by atoms with E-state index in [-0.39, 0.29) is 12.0 Å². The summed E-state index contributed by atoms with van der Waals surface area (Å²) in [5.41, 5.74) is 0.906. The minimum absolute atomic E-state index is 0.140. The first-order chi connectivity index (χ1) is 11.5. The summed E-state index contributed by atoms with van der Waals surface area (Å²) < 4.78 is 12.6. The molecule has 0 bridgehead atoms. The van der Waals surface area contributed by atoms with Gasteiger partial charge in [0.2, 0.25) is 6.41 Å². The van der Waals surface area contributed by atoms with Crippen molar-refractivity contribution in [1.29, 1.82) is 0 Å². The van der Waals surface area contributed by atoms with Crippen LogP contribution in [-0.2, 0) is 34.8 Å². The molecular weight excluding hydrogens is 348 g/mol. The molecule has 3 amide bonds. The summed E-state index contributed by atoms with van der Waals surface area (Å²) in [5, 5.41) is 1.88. The van der Waals surface area contributed by atoms with Crippen LogP contribution in [0.3, 0.4) is 0 Å². The molecule has 0 saturated carbocycles. The molecule has 1 saturated heterocycles. The van der Waals surface area contributed by atoms with Crippen LogP contribution in [0.4, 0.5) is 0 Å². The number of carbonyl (C=O) groups is 4. The van der Waals surface area contributed by atoms with Crippen LogP contribution < -0.4 is 5.32 Å². The molecule has 9 heteroatoms. The minimum Gasteiger partial charge on any atom is -0.355 e. The van der Waals surface area contributed by atoms with Crippen molar-refractivity contribution in [3.63, 3.8) is 0 Å². The van der Waals surface area contributed by atoms with Crippen LogP contribution in [0.15, 0.2) is 24.3 Å². The molecule has 8 nitrogen and oxygen atoms in total. The van der Waals surface area contributed by atoms with Gasteiger partial charge in [-0.2, -0.15) is 0 Å². The van der Waals surface area contributed by atoms with E-state index in [0.717, 1.165) is 5.56 Å². The number of hydrogen-bond donors (Lipinski definition) is 1. The molecule has 136 valence electrons. The highest BCUT2D eigenvalue weighted by atomic mass is 32.3. The monoisotopic (exact) mass is 368 g/mol. The highest BCUT2D eigenvalue weighted by Gasteiger charge is 2.50. The normalized spacial score (nSPS) is 19.2. The van der Waals surface area contributed by atoms with Crippen molar-refractivity contribution >= 4 is 33.3 Å². The van der Waals surface area contributed by atoms with E-state index < -0.39 is 32.1 Å². The maximum atomic E-state index is 12.6. The van der Waals surface area contributed by atoms with Crippen molar-refractivity contribution in [2.75, 3.05) is 18.8 Å². The second-order valence-corrected chi connectivity index (χ2v) is 12.4. The molecule has 1 N–H and O–H groups in total. The van der Waals surface area contributed by atoms with Crippen LogP contribution in [0.5, 0.6) is 0 Å². The first kappa shape index (κ1) is 18.8. The number of hydrogen-bond acceptors (Lipinski definition) is 6. The summed E-state index contributed by atoms with van der Waals surface area (Å²) in [7, 11) is -3.32. The Bertz CT molecular complexity index is 784. The fourth-order valence-electron chi connectivity index (χ4n) is 2.36. The van der Waals surface area contributed by atoms with Crippen LogP contribution in [0, 0.1) is 0 Å². The maximum Gasteiger partial charge on any atom is 0.363 e. The van der Waals surface area contributed by atoms with Crippen LogP contribution in [0.2, 0.25) is 0 Å². The molecule has 1 atom stereocenters. The molecule has 1 aliphatic rings. The number of imide groups is 1. The van der Waals surface area contributed by atoms with Gasteiger partial charge in [0.25, 0.3) is 11.8 Å². The number of carbonyl (C=O) groups excluding carboxylic acids is 4. The number of rotatable bonds is 6. The molecule has 1 heterocycles. The quantitative estimate of drug-likeness (QED) is 0.552. The Kier molecular flexibility index (Phi) is 4.81. The zero-order chi connectivity index (χ0) is 18.9. The molecule has 2 rings (SSSR count). The minimum atomic E-state index is -3.32. The van der Waals surface area contributed by atoms with Crippen LogP contribution >= 0.6 is 0 Å². The van der Waals surface area contributed by atoms with Gasteiger partial charge in [-0.1, -0.05) is 21.2 Å². The zero-order valence-electron chi connectivity index (χ0n) is 14.2. The summed E-state index contributed by atoms with van der Waals surface area (Å²) in [6, 6.07) is 6.13. The highest BCUT2D eigenvalue weighted by molar-refractivity contribution is 8.19. The Morgan fingerprint density at radius 2 is 1.88 bits per heavy atom. The van der Waals surface area contributed by atoms with Crippen LogP contribution in [0.1, 0.15) is 22.3 Å². The van der Waals surface area contributed by atoms with Gasteiger partial charge < -0.3 is 10.2 Å². The lowest BCUT2D eigenvalue weighted by atomic mass is 10.1. The summed E-state index contributed by atoms with van der Waals surface area (Å²) in [6.07, 6.45) is 4.61. The Morgan fingerprint density at radius 3 is 2.36 bits per heavy atom. The number of nitrogens with one attached hydrogen (secondary N) is 1. The molecule has 0 aromatic heterocycles. The molecule has 1 fully saturated rings. The molecule has 1 aromatic rings. The third kappa shape index (κ3) is 4.30. The molecule has 1 aromatic carbocycles. The van der Waals surface area contributed by atoms with E-state index in [1.54, 1.807) is 12.1 Å². The molecule has 0 spiro atoms. The van der Waals surface area contributed by atoms with Crippen molar-refractivity contribution in [2.45, 2.75) is 18.2 Å². The van der Waals surface area contributed by atoms with E-state index in [2.05, 4.69) is 5.32 Å². The number of amides is 3. The van der Waals surface area contributed by atoms with Gasteiger partial charge in [-0.05, 0) is 36.5 Å². The van der Waals surface area contributed by atoms with E-state index in [4.69, 9.17) is 4.84 Å². The fraction of sp³-hybridized carbons (Fsp3) is 0.375. The van der Waals surface area contributed by atoms with Gasteiger partial charge in [-0.3, -0.25) is 18.6 Å². The largest absolute Gasteiger partial charge is 0.363 e. The maximum absolute atomic E-state index is 12.6. The van der Waals surface area contributed by atoms with Gasteiger partial charge in [0.15, 0.2) is 0 Å². The Hall–Kier alpha value is -2.55. The SMILES string of the molecule is CS(C)(C)(=O)C1CC(=O)N(OC(=O)c2ccc(CNC=O)cc2)C1=O. The Morgan fingerprint density at radius 1 is 1.28 bits per heavy atom. The average Bonchev–Trinajstić information content (AvgIpc) is 2.81. The number of hydroxylamine groups is 2. The average molecular weight is 368 g/mol. The lowest BCUT2D eigenvalue weighted by molar-refractivity contribution is -0.172. The van der Waals surface area contributed by atoms with Crippen molar-refractivity contribution in [1.82, 2.24) is 10.4 Å².